The quantitative estimate of drug-likeness (QED) is 0.651. The van der Waals surface area contributed by atoms with Crippen LogP contribution in [-0.2, 0) is 0 Å². The van der Waals surface area contributed by atoms with Gasteiger partial charge in [0.1, 0.15) is 6.33 Å². The molecule has 3 aromatic rings. The molecule has 2 aromatic heterocycles. The molecule has 4 nitrogen and oxygen atoms in total. The fourth-order valence-electron chi connectivity index (χ4n) is 1.61. The second kappa shape index (κ2) is 3.53. The average Bonchev–Trinajstić information content (AvgIpc) is 2.79. The minimum Gasteiger partial charge on any atom is -0.291 e. The zero-order valence-electron chi connectivity index (χ0n) is 8.29. The Bertz CT molecular complexity index is 684. The Kier molecular flexibility index (Phi) is 2.04. The number of fused-ring (bicyclic) bond motifs is 1. The van der Waals surface area contributed by atoms with Gasteiger partial charge in [0.05, 0.1) is 10.2 Å². The number of nitrogens with zero attached hydrogens (tertiary/aromatic N) is 3. The molecule has 0 aliphatic heterocycles. The van der Waals surface area contributed by atoms with Gasteiger partial charge in [-0.05, 0) is 11.6 Å². The van der Waals surface area contributed by atoms with Crippen molar-refractivity contribution in [3.05, 3.63) is 47.2 Å². The van der Waals surface area contributed by atoms with Gasteiger partial charge in [-0.25, -0.2) is 4.52 Å². The Balaban J connectivity index is 2.30. The fraction of sp³-hybridized carbons (Fsp3) is 0. The van der Waals surface area contributed by atoms with Crippen molar-refractivity contribution in [3.8, 4) is 11.3 Å². The van der Waals surface area contributed by atoms with E-state index in [0.29, 0.717) is 10.2 Å². The van der Waals surface area contributed by atoms with Crippen LogP contribution >= 0.6 is 12.2 Å². The highest BCUT2D eigenvalue weighted by Crippen LogP contribution is 2.16. The highest BCUT2D eigenvalue weighted by molar-refractivity contribution is 7.71. The molecule has 2 heterocycles. The van der Waals surface area contributed by atoms with Crippen LogP contribution in [0.5, 0.6) is 0 Å². The fourth-order valence-corrected chi connectivity index (χ4v) is 1.87. The van der Waals surface area contributed by atoms with Crippen LogP contribution in [0.15, 0.2) is 42.7 Å². The van der Waals surface area contributed by atoms with Gasteiger partial charge in [0.25, 0.3) is 0 Å². The van der Waals surface area contributed by atoms with Gasteiger partial charge in [-0.3, -0.25) is 5.10 Å². The molecule has 0 spiro atoms. The van der Waals surface area contributed by atoms with Crippen molar-refractivity contribution >= 4 is 17.9 Å². The molecule has 3 rings (SSSR count). The van der Waals surface area contributed by atoms with Crippen LogP contribution in [0.25, 0.3) is 16.9 Å². The number of aromatic nitrogens is 4. The summed E-state index contributed by atoms with van der Waals surface area (Å²) in [6, 6.07) is 11.9. The summed E-state index contributed by atoms with van der Waals surface area (Å²) < 4.78 is 2.42. The van der Waals surface area contributed by atoms with Gasteiger partial charge in [-0.2, -0.15) is 0 Å². The van der Waals surface area contributed by atoms with E-state index in [4.69, 9.17) is 12.2 Å². The number of nitrogens with one attached hydrogen (secondary N) is 1. The Morgan fingerprint density at radius 3 is 2.81 bits per heavy atom. The first-order chi connectivity index (χ1) is 7.84. The summed E-state index contributed by atoms with van der Waals surface area (Å²) in [6.45, 7) is 0. The summed E-state index contributed by atoms with van der Waals surface area (Å²) in [7, 11) is 0. The molecule has 0 unspecified atom stereocenters. The van der Waals surface area contributed by atoms with Crippen molar-refractivity contribution in [1.82, 2.24) is 19.8 Å². The van der Waals surface area contributed by atoms with E-state index in [-0.39, 0.29) is 0 Å². The van der Waals surface area contributed by atoms with E-state index in [1.807, 2.05) is 36.4 Å². The van der Waals surface area contributed by atoms with E-state index < -0.39 is 0 Å². The third-order valence-corrected chi connectivity index (χ3v) is 2.67. The van der Waals surface area contributed by atoms with Crippen molar-refractivity contribution < 1.29 is 0 Å². The Morgan fingerprint density at radius 2 is 2.00 bits per heavy atom. The minimum atomic E-state index is 0.676. The second-order valence-electron chi connectivity index (χ2n) is 3.42. The standard InChI is InChI=1S/C11H8N4S/c16-10-6-9(8-4-2-1-3-5-8)14-15-7-12-13-11(10)15/h1-7,14H. The van der Waals surface area contributed by atoms with Gasteiger partial charge >= 0.3 is 0 Å². The lowest BCUT2D eigenvalue weighted by atomic mass is 10.1. The van der Waals surface area contributed by atoms with Crippen LogP contribution in [0.3, 0.4) is 0 Å². The minimum absolute atomic E-state index is 0.676. The van der Waals surface area contributed by atoms with Gasteiger partial charge in [0.15, 0.2) is 5.65 Å². The van der Waals surface area contributed by atoms with Gasteiger partial charge in [-0.1, -0.05) is 42.5 Å². The SMILES string of the molecule is S=c1cc(-c2ccccc2)[nH]n2cnnc12. The van der Waals surface area contributed by atoms with Crippen LogP contribution in [0.1, 0.15) is 0 Å². The Labute approximate surface area is 96.6 Å². The van der Waals surface area contributed by atoms with Crippen LogP contribution in [0.4, 0.5) is 0 Å². The number of rotatable bonds is 1. The largest absolute Gasteiger partial charge is 0.291 e. The molecular formula is C11H8N4S. The number of H-pyrrole nitrogens is 1. The number of hydrogen-bond acceptors (Lipinski definition) is 3. The van der Waals surface area contributed by atoms with E-state index in [2.05, 4.69) is 15.3 Å². The highest BCUT2D eigenvalue weighted by atomic mass is 32.1. The smallest absolute Gasteiger partial charge is 0.193 e. The summed E-state index contributed by atoms with van der Waals surface area (Å²) >= 11 is 5.25. The predicted molar refractivity (Wildman–Crippen MR) is 63.6 cm³/mol. The maximum atomic E-state index is 5.25. The van der Waals surface area contributed by atoms with E-state index in [1.165, 1.54) is 0 Å². The van der Waals surface area contributed by atoms with Crippen LogP contribution in [-0.4, -0.2) is 19.8 Å². The Hall–Kier alpha value is -2.01. The number of benzene rings is 1. The lowest BCUT2D eigenvalue weighted by molar-refractivity contribution is 0.930. The third kappa shape index (κ3) is 1.42. The molecule has 5 heteroatoms. The Morgan fingerprint density at radius 1 is 1.19 bits per heavy atom. The zero-order chi connectivity index (χ0) is 11.0. The first kappa shape index (κ1) is 9.23. The summed E-state index contributed by atoms with van der Waals surface area (Å²) in [4.78, 5) is 0. The monoisotopic (exact) mass is 228 g/mol. The number of hydrogen-bond donors (Lipinski definition) is 1. The molecule has 1 N–H and O–H groups in total. The van der Waals surface area contributed by atoms with E-state index >= 15 is 0 Å². The molecule has 0 saturated heterocycles. The molecular weight excluding hydrogens is 220 g/mol. The molecule has 0 amide bonds. The number of aromatic amines is 1. The average molecular weight is 228 g/mol. The van der Waals surface area contributed by atoms with Crippen molar-refractivity contribution in [2.24, 2.45) is 0 Å². The van der Waals surface area contributed by atoms with E-state index in [1.54, 1.807) is 10.8 Å². The van der Waals surface area contributed by atoms with Crippen molar-refractivity contribution in [1.29, 1.82) is 0 Å². The van der Waals surface area contributed by atoms with Crippen LogP contribution < -0.4 is 0 Å². The highest BCUT2D eigenvalue weighted by Gasteiger charge is 2.02. The van der Waals surface area contributed by atoms with Crippen LogP contribution in [0.2, 0.25) is 0 Å². The molecule has 1 aromatic carbocycles. The first-order valence-corrected chi connectivity index (χ1v) is 5.24. The lowest BCUT2D eigenvalue weighted by Crippen LogP contribution is -1.94. The summed E-state index contributed by atoms with van der Waals surface area (Å²) in [5, 5.41) is 10.9. The first-order valence-electron chi connectivity index (χ1n) is 4.83. The molecule has 78 valence electrons. The predicted octanol–water partition coefficient (Wildman–Crippen LogP) is 2.45. The van der Waals surface area contributed by atoms with Gasteiger partial charge < -0.3 is 0 Å². The molecule has 0 aliphatic carbocycles. The third-order valence-electron chi connectivity index (χ3n) is 2.37. The second-order valence-corrected chi connectivity index (χ2v) is 3.86. The lowest BCUT2D eigenvalue weighted by Gasteiger charge is -2.02. The maximum Gasteiger partial charge on any atom is 0.193 e. The summed E-state index contributed by atoms with van der Waals surface area (Å²) in [5.74, 6) is 0. The van der Waals surface area contributed by atoms with E-state index in [0.717, 1.165) is 11.3 Å². The molecule has 0 saturated carbocycles. The normalized spacial score (nSPS) is 10.8. The van der Waals surface area contributed by atoms with E-state index in [9.17, 15) is 0 Å². The summed E-state index contributed by atoms with van der Waals surface area (Å²) in [5.41, 5.74) is 2.72. The molecule has 0 radical (unpaired) electrons. The van der Waals surface area contributed by atoms with Crippen molar-refractivity contribution in [2.45, 2.75) is 0 Å². The topological polar surface area (TPSA) is 46.0 Å². The van der Waals surface area contributed by atoms with Gasteiger partial charge in [0, 0.05) is 0 Å². The van der Waals surface area contributed by atoms with Gasteiger partial charge in [0.2, 0.25) is 0 Å². The molecule has 0 fully saturated rings. The van der Waals surface area contributed by atoms with Gasteiger partial charge in [-0.15, -0.1) is 10.2 Å². The summed E-state index contributed by atoms with van der Waals surface area (Å²) in [6.07, 6.45) is 1.61. The molecule has 0 aliphatic rings. The maximum absolute atomic E-state index is 5.25. The van der Waals surface area contributed by atoms with Crippen molar-refractivity contribution in [3.63, 3.8) is 0 Å². The molecule has 0 atom stereocenters. The molecule has 0 bridgehead atoms. The van der Waals surface area contributed by atoms with Crippen LogP contribution in [0, 0.1) is 4.51 Å². The molecule has 16 heavy (non-hydrogen) atoms. The zero-order valence-corrected chi connectivity index (χ0v) is 9.11. The van der Waals surface area contributed by atoms with Crippen molar-refractivity contribution in [2.75, 3.05) is 0 Å².